The van der Waals surface area contributed by atoms with Gasteiger partial charge >= 0.3 is 0 Å². The number of ether oxygens (including phenoxy) is 4. The van der Waals surface area contributed by atoms with Gasteiger partial charge in [-0.2, -0.15) is 0 Å². The molecule has 4 aromatic rings. The second kappa shape index (κ2) is 13.7. The number of pyridine rings is 1. The van der Waals surface area contributed by atoms with Crippen molar-refractivity contribution in [3.05, 3.63) is 60.2 Å². The first-order valence-electron chi connectivity index (χ1n) is 13.0. The highest BCUT2D eigenvalue weighted by Crippen LogP contribution is 2.38. The van der Waals surface area contributed by atoms with E-state index in [0.29, 0.717) is 28.8 Å². The fourth-order valence-corrected chi connectivity index (χ4v) is 5.15. The molecule has 3 aromatic heterocycles. The number of rotatable bonds is 14. The second-order valence-corrected chi connectivity index (χ2v) is 11.4. The second-order valence-electron chi connectivity index (χ2n) is 9.32. The van der Waals surface area contributed by atoms with Gasteiger partial charge in [-0.3, -0.25) is 9.29 Å². The molecule has 3 heterocycles. The zero-order valence-corrected chi connectivity index (χ0v) is 25.0. The zero-order chi connectivity index (χ0) is 31.1. The quantitative estimate of drug-likeness (QED) is 0.186. The number of anilines is 1. The number of methoxy groups -OCH3 is 3. The number of hydrogen-bond donors (Lipinski definition) is 3. The highest BCUT2D eigenvalue weighted by molar-refractivity contribution is 7.93. The molecule has 230 valence electrons. The van der Waals surface area contributed by atoms with E-state index in [2.05, 4.69) is 29.9 Å². The number of aliphatic hydroxyl groups excluding tert-OH is 2. The van der Waals surface area contributed by atoms with Crippen LogP contribution in [0.15, 0.2) is 48.8 Å². The number of para-hydroxylation sites is 1. The summed E-state index contributed by atoms with van der Waals surface area (Å²) in [6.45, 7) is 2.24. The molecule has 3 N–H and O–H groups in total. The van der Waals surface area contributed by atoms with E-state index >= 15 is 0 Å². The van der Waals surface area contributed by atoms with E-state index in [1.54, 1.807) is 43.3 Å². The molecule has 0 fully saturated rings. The van der Waals surface area contributed by atoms with Gasteiger partial charge in [0, 0.05) is 18.5 Å². The average molecular weight is 616 g/mol. The maximum absolute atomic E-state index is 13.9. The maximum Gasteiger partial charge on any atom is 0.243 e. The van der Waals surface area contributed by atoms with Crippen LogP contribution in [-0.2, 0) is 14.8 Å². The Bertz CT molecular complexity index is 1610. The molecular formula is C27H33N7O8S. The van der Waals surface area contributed by atoms with Gasteiger partial charge in [0.2, 0.25) is 21.9 Å². The highest BCUT2D eigenvalue weighted by Gasteiger charge is 2.36. The van der Waals surface area contributed by atoms with Crippen LogP contribution in [0.5, 0.6) is 17.4 Å². The standard InChI is InChI=1S/C27H33N7O8S/c1-16-12-28-25(29-13-16)24(42-15-18(36)14-35)17(2)43(37,38)33-27-32-31-26(19-8-6-11-22(30-19)41-5)34(27)23-20(39-3)9-7-10-21(23)40-4/h6-13,17-18,24,35-36H,14-15H2,1-5H3,(H,32,33)/t17-,18?,24-/m1/s1. The van der Waals surface area contributed by atoms with Gasteiger partial charge in [-0.1, -0.05) is 12.1 Å². The Morgan fingerprint density at radius 1 is 0.977 bits per heavy atom. The van der Waals surface area contributed by atoms with E-state index in [0.717, 1.165) is 5.56 Å². The van der Waals surface area contributed by atoms with E-state index in [1.165, 1.54) is 45.2 Å². The largest absolute Gasteiger partial charge is 0.494 e. The number of benzene rings is 1. The molecule has 16 heteroatoms. The third-order valence-electron chi connectivity index (χ3n) is 6.33. The normalized spacial score (nSPS) is 13.7. The van der Waals surface area contributed by atoms with Crippen LogP contribution in [0.25, 0.3) is 17.2 Å². The Morgan fingerprint density at radius 2 is 1.63 bits per heavy atom. The lowest BCUT2D eigenvalue weighted by Crippen LogP contribution is -2.35. The minimum atomic E-state index is -4.33. The topological polar surface area (TPSA) is 193 Å². The number of nitrogens with zero attached hydrogens (tertiary/aromatic N) is 6. The molecule has 4 rings (SSSR count). The smallest absolute Gasteiger partial charge is 0.243 e. The van der Waals surface area contributed by atoms with Crippen molar-refractivity contribution in [2.75, 3.05) is 39.3 Å². The molecule has 0 aliphatic heterocycles. The van der Waals surface area contributed by atoms with Crippen LogP contribution in [-0.4, -0.2) is 94.2 Å². The molecule has 0 bridgehead atoms. The summed E-state index contributed by atoms with van der Waals surface area (Å²) in [6, 6.07) is 10.1. The van der Waals surface area contributed by atoms with Crippen LogP contribution in [0.2, 0.25) is 0 Å². The first kappa shape index (κ1) is 31.6. The molecule has 0 amide bonds. The van der Waals surface area contributed by atoms with Crippen molar-refractivity contribution in [1.29, 1.82) is 0 Å². The van der Waals surface area contributed by atoms with Crippen LogP contribution in [0.4, 0.5) is 5.95 Å². The van der Waals surface area contributed by atoms with E-state index in [1.807, 2.05) is 0 Å². The van der Waals surface area contributed by atoms with Gasteiger partial charge in [0.05, 0.1) is 34.5 Å². The predicted octanol–water partition coefficient (Wildman–Crippen LogP) is 1.69. The van der Waals surface area contributed by atoms with Crippen molar-refractivity contribution < 1.29 is 37.6 Å². The van der Waals surface area contributed by atoms with Gasteiger partial charge in [-0.05, 0) is 37.6 Å². The monoisotopic (exact) mass is 615 g/mol. The molecular weight excluding hydrogens is 582 g/mol. The van der Waals surface area contributed by atoms with Crippen LogP contribution in [0, 0.1) is 6.92 Å². The highest BCUT2D eigenvalue weighted by atomic mass is 32.2. The summed E-state index contributed by atoms with van der Waals surface area (Å²) >= 11 is 0. The van der Waals surface area contributed by atoms with Gasteiger partial charge in [0.1, 0.15) is 40.3 Å². The summed E-state index contributed by atoms with van der Waals surface area (Å²) in [4.78, 5) is 12.9. The Labute approximate surface area is 248 Å². The summed E-state index contributed by atoms with van der Waals surface area (Å²) in [5.74, 6) is 1.01. The van der Waals surface area contributed by atoms with Gasteiger partial charge < -0.3 is 29.2 Å². The average Bonchev–Trinajstić information content (AvgIpc) is 3.43. The van der Waals surface area contributed by atoms with Gasteiger partial charge in [0.15, 0.2) is 11.6 Å². The summed E-state index contributed by atoms with van der Waals surface area (Å²) < 4.78 is 53.9. The SMILES string of the molecule is COc1cccc(-c2nnc(NS(=O)(=O)[C@H](C)[C@@H](OCC(O)CO)c3ncc(C)cn3)n2-c2c(OC)cccc2OC)n1. The van der Waals surface area contributed by atoms with Crippen molar-refractivity contribution in [2.24, 2.45) is 0 Å². The van der Waals surface area contributed by atoms with Crippen LogP contribution < -0.4 is 18.9 Å². The van der Waals surface area contributed by atoms with Crippen LogP contribution in [0.1, 0.15) is 24.4 Å². The molecule has 0 spiro atoms. The van der Waals surface area contributed by atoms with E-state index in [-0.39, 0.29) is 24.2 Å². The van der Waals surface area contributed by atoms with Gasteiger partial charge in [0.25, 0.3) is 0 Å². The zero-order valence-electron chi connectivity index (χ0n) is 24.2. The van der Waals surface area contributed by atoms with Crippen molar-refractivity contribution in [3.63, 3.8) is 0 Å². The number of nitrogens with one attached hydrogen (secondary N) is 1. The molecule has 15 nitrogen and oxygen atoms in total. The molecule has 1 aromatic carbocycles. The van der Waals surface area contributed by atoms with Gasteiger partial charge in [-0.25, -0.2) is 23.4 Å². The molecule has 0 saturated carbocycles. The van der Waals surface area contributed by atoms with Crippen molar-refractivity contribution in [3.8, 4) is 34.6 Å². The molecule has 0 aliphatic carbocycles. The Hall–Kier alpha value is -4.38. The minimum Gasteiger partial charge on any atom is -0.494 e. The number of hydrogen-bond acceptors (Lipinski definition) is 13. The minimum absolute atomic E-state index is 0.0720. The lowest BCUT2D eigenvalue weighted by atomic mass is 10.2. The van der Waals surface area contributed by atoms with Crippen molar-refractivity contribution in [2.45, 2.75) is 31.3 Å². The van der Waals surface area contributed by atoms with Crippen LogP contribution in [0.3, 0.4) is 0 Å². The Balaban J connectivity index is 1.83. The third kappa shape index (κ3) is 6.99. The van der Waals surface area contributed by atoms with Gasteiger partial charge in [-0.15, -0.1) is 10.2 Å². The third-order valence-corrected chi connectivity index (χ3v) is 8.03. The summed E-state index contributed by atoms with van der Waals surface area (Å²) in [7, 11) is 0.0644. The molecule has 0 radical (unpaired) electrons. The van der Waals surface area contributed by atoms with E-state index in [9.17, 15) is 18.6 Å². The Kier molecular flexibility index (Phi) is 10.1. The number of aliphatic hydroxyl groups is 2. The fraction of sp³-hybridized carbons (Fsp3) is 0.370. The van der Waals surface area contributed by atoms with E-state index < -0.39 is 34.1 Å². The fourth-order valence-electron chi connectivity index (χ4n) is 4.05. The molecule has 0 aliphatic rings. The Morgan fingerprint density at radius 3 is 2.23 bits per heavy atom. The van der Waals surface area contributed by atoms with Crippen molar-refractivity contribution >= 4 is 16.0 Å². The number of aromatic nitrogens is 6. The molecule has 43 heavy (non-hydrogen) atoms. The lowest BCUT2D eigenvalue weighted by molar-refractivity contribution is -0.0324. The number of aryl methyl sites for hydroxylation is 1. The first-order valence-corrected chi connectivity index (χ1v) is 14.6. The maximum atomic E-state index is 13.9. The summed E-state index contributed by atoms with van der Waals surface area (Å²) in [6.07, 6.45) is 0.573. The predicted molar refractivity (Wildman–Crippen MR) is 155 cm³/mol. The lowest BCUT2D eigenvalue weighted by Gasteiger charge is -2.25. The van der Waals surface area contributed by atoms with Crippen LogP contribution >= 0.6 is 0 Å². The summed E-state index contributed by atoms with van der Waals surface area (Å²) in [5, 5.41) is 26.2. The molecule has 0 saturated heterocycles. The first-order chi connectivity index (χ1) is 20.6. The van der Waals surface area contributed by atoms with Crippen molar-refractivity contribution in [1.82, 2.24) is 29.7 Å². The number of sulfonamides is 1. The van der Waals surface area contributed by atoms with E-state index in [4.69, 9.17) is 18.9 Å². The summed E-state index contributed by atoms with van der Waals surface area (Å²) in [5.41, 5.74) is 1.39. The molecule has 3 atom stereocenters. The molecule has 1 unspecified atom stereocenters.